The Balaban J connectivity index is 1.38. The molecule has 4 rings (SSSR count). The Kier molecular flexibility index (Phi) is 2.84. The van der Waals surface area contributed by atoms with Crippen molar-refractivity contribution in [3.05, 3.63) is 17.5 Å². The van der Waals surface area contributed by atoms with Crippen molar-refractivity contribution < 1.29 is 9.32 Å². The maximum Gasteiger partial charge on any atom is 0.290 e. The summed E-state index contributed by atoms with van der Waals surface area (Å²) in [6.07, 6.45) is 4.98. The highest BCUT2D eigenvalue weighted by atomic mass is 16.5. The summed E-state index contributed by atoms with van der Waals surface area (Å²) in [5.41, 5.74) is 0.939. The van der Waals surface area contributed by atoms with Crippen LogP contribution in [0.2, 0.25) is 0 Å². The van der Waals surface area contributed by atoms with Crippen LogP contribution in [-0.4, -0.2) is 41.1 Å². The molecule has 3 aliphatic rings. The number of hydrogen-bond donors (Lipinski definition) is 1. The van der Waals surface area contributed by atoms with Gasteiger partial charge in [-0.2, -0.15) is 0 Å². The van der Waals surface area contributed by atoms with Crippen LogP contribution >= 0.6 is 0 Å². The van der Waals surface area contributed by atoms with Crippen molar-refractivity contribution in [2.75, 3.05) is 13.1 Å². The topological polar surface area (TPSA) is 58.4 Å². The Morgan fingerprint density at radius 3 is 2.85 bits per heavy atom. The zero-order valence-electron chi connectivity index (χ0n) is 11.8. The summed E-state index contributed by atoms with van der Waals surface area (Å²) < 4.78 is 5.18. The lowest BCUT2D eigenvalue weighted by molar-refractivity contribution is 0.0893. The van der Waals surface area contributed by atoms with Crippen LogP contribution in [0.25, 0.3) is 0 Å². The number of nitrogens with zero attached hydrogens (tertiary/aromatic N) is 2. The summed E-state index contributed by atoms with van der Waals surface area (Å²) in [6.45, 7) is 4.28. The van der Waals surface area contributed by atoms with Crippen LogP contribution in [0.3, 0.4) is 0 Å². The molecule has 2 saturated carbocycles. The van der Waals surface area contributed by atoms with Crippen molar-refractivity contribution in [2.45, 2.75) is 50.6 Å². The van der Waals surface area contributed by atoms with Crippen molar-refractivity contribution in [1.82, 2.24) is 15.4 Å². The van der Waals surface area contributed by atoms with Gasteiger partial charge in [-0.15, -0.1) is 0 Å². The van der Waals surface area contributed by atoms with E-state index in [1.165, 1.54) is 25.7 Å². The molecule has 1 saturated heterocycles. The van der Waals surface area contributed by atoms with Gasteiger partial charge in [0.1, 0.15) is 0 Å². The molecule has 108 valence electrons. The first kappa shape index (κ1) is 12.4. The highest BCUT2D eigenvalue weighted by Gasteiger charge is 2.39. The molecule has 20 heavy (non-hydrogen) atoms. The second kappa shape index (κ2) is 4.58. The van der Waals surface area contributed by atoms with Crippen molar-refractivity contribution in [2.24, 2.45) is 5.92 Å². The van der Waals surface area contributed by atoms with E-state index in [-0.39, 0.29) is 11.9 Å². The molecule has 1 aromatic rings. The molecule has 0 unspecified atom stereocenters. The molecule has 0 bridgehead atoms. The minimum atomic E-state index is -0.112. The van der Waals surface area contributed by atoms with Gasteiger partial charge in [-0.1, -0.05) is 12.1 Å². The molecule has 1 aromatic heterocycles. The molecule has 5 nitrogen and oxygen atoms in total. The first-order valence-electron chi connectivity index (χ1n) is 7.72. The second-order valence-corrected chi connectivity index (χ2v) is 6.63. The molecule has 1 amide bonds. The van der Waals surface area contributed by atoms with E-state index in [0.29, 0.717) is 17.6 Å². The minimum Gasteiger partial charge on any atom is -0.351 e. The maximum absolute atomic E-state index is 12.2. The SMILES string of the molecule is C[C@@H]1CN(C2CC2)C[C@@H]1NC(=O)c1cc(C2CC2)no1. The molecule has 1 aliphatic heterocycles. The largest absolute Gasteiger partial charge is 0.351 e. The van der Waals surface area contributed by atoms with Gasteiger partial charge in [0.25, 0.3) is 5.91 Å². The number of amides is 1. The third-order valence-corrected chi connectivity index (χ3v) is 4.77. The van der Waals surface area contributed by atoms with Crippen LogP contribution in [0, 0.1) is 5.92 Å². The van der Waals surface area contributed by atoms with Crippen LogP contribution in [0.5, 0.6) is 0 Å². The summed E-state index contributed by atoms with van der Waals surface area (Å²) in [5, 5.41) is 7.12. The van der Waals surface area contributed by atoms with Gasteiger partial charge >= 0.3 is 0 Å². The fraction of sp³-hybridized carbons (Fsp3) is 0.733. The van der Waals surface area contributed by atoms with Crippen molar-refractivity contribution >= 4 is 5.91 Å². The first-order chi connectivity index (χ1) is 9.70. The number of rotatable bonds is 4. The summed E-state index contributed by atoms with van der Waals surface area (Å²) in [4.78, 5) is 14.7. The Hall–Kier alpha value is -1.36. The highest BCUT2D eigenvalue weighted by Crippen LogP contribution is 2.39. The van der Waals surface area contributed by atoms with E-state index in [0.717, 1.165) is 24.8 Å². The van der Waals surface area contributed by atoms with Gasteiger partial charge in [-0.25, -0.2) is 0 Å². The Bertz CT molecular complexity index is 519. The zero-order valence-corrected chi connectivity index (χ0v) is 11.8. The first-order valence-corrected chi connectivity index (χ1v) is 7.72. The molecular weight excluding hydrogens is 254 g/mol. The summed E-state index contributed by atoms with van der Waals surface area (Å²) in [6, 6.07) is 2.81. The lowest BCUT2D eigenvalue weighted by atomic mass is 10.1. The molecule has 2 heterocycles. The molecule has 2 atom stereocenters. The Labute approximate surface area is 118 Å². The number of likely N-dealkylation sites (tertiary alicyclic amines) is 1. The monoisotopic (exact) mass is 275 g/mol. The standard InChI is InChI=1S/C15H21N3O2/c1-9-7-18(11-4-5-11)8-13(9)16-15(19)14-6-12(17-20-14)10-2-3-10/h6,9-11,13H,2-5,7-8H2,1H3,(H,16,19)/t9-,13+/m1/s1. The number of carbonyl (C=O) groups excluding carboxylic acids is 1. The van der Waals surface area contributed by atoms with Crippen LogP contribution < -0.4 is 5.32 Å². The molecule has 0 aromatic carbocycles. The van der Waals surface area contributed by atoms with Crippen molar-refractivity contribution in [3.63, 3.8) is 0 Å². The number of aromatic nitrogens is 1. The van der Waals surface area contributed by atoms with Crippen LogP contribution in [0.1, 0.15) is 54.8 Å². The van der Waals surface area contributed by atoms with Crippen LogP contribution in [-0.2, 0) is 0 Å². The molecule has 0 spiro atoms. The third-order valence-electron chi connectivity index (χ3n) is 4.77. The van der Waals surface area contributed by atoms with Crippen LogP contribution in [0.4, 0.5) is 0 Å². The van der Waals surface area contributed by atoms with Crippen molar-refractivity contribution in [1.29, 1.82) is 0 Å². The maximum atomic E-state index is 12.2. The minimum absolute atomic E-state index is 0.112. The van der Waals surface area contributed by atoms with E-state index in [1.807, 2.05) is 6.07 Å². The van der Waals surface area contributed by atoms with E-state index >= 15 is 0 Å². The summed E-state index contributed by atoms with van der Waals surface area (Å²) >= 11 is 0. The second-order valence-electron chi connectivity index (χ2n) is 6.63. The predicted octanol–water partition coefficient (Wildman–Crippen LogP) is 1.76. The Morgan fingerprint density at radius 2 is 2.15 bits per heavy atom. The molecule has 5 heteroatoms. The quantitative estimate of drug-likeness (QED) is 0.909. The average molecular weight is 275 g/mol. The smallest absolute Gasteiger partial charge is 0.290 e. The summed E-state index contributed by atoms with van der Waals surface area (Å²) in [5.74, 6) is 1.28. The lowest BCUT2D eigenvalue weighted by Crippen LogP contribution is -2.39. The molecular formula is C15H21N3O2. The Morgan fingerprint density at radius 1 is 1.35 bits per heavy atom. The van der Waals surface area contributed by atoms with Gasteiger partial charge < -0.3 is 9.84 Å². The molecule has 1 N–H and O–H groups in total. The third kappa shape index (κ3) is 2.35. The number of nitrogens with one attached hydrogen (secondary N) is 1. The van der Waals surface area contributed by atoms with Crippen molar-refractivity contribution in [3.8, 4) is 0 Å². The average Bonchev–Trinajstić information content (AvgIpc) is 3.36. The van der Waals surface area contributed by atoms with Gasteiger partial charge in [-0.3, -0.25) is 9.69 Å². The zero-order chi connectivity index (χ0) is 13.7. The van der Waals surface area contributed by atoms with Gasteiger partial charge in [0.15, 0.2) is 0 Å². The summed E-state index contributed by atoms with van der Waals surface area (Å²) in [7, 11) is 0. The molecule has 2 aliphatic carbocycles. The van der Waals surface area contributed by atoms with E-state index in [1.54, 1.807) is 0 Å². The predicted molar refractivity (Wildman–Crippen MR) is 73.5 cm³/mol. The van der Waals surface area contributed by atoms with E-state index in [4.69, 9.17) is 4.52 Å². The van der Waals surface area contributed by atoms with Gasteiger partial charge in [-0.05, 0) is 31.6 Å². The lowest BCUT2D eigenvalue weighted by Gasteiger charge is -2.15. The van der Waals surface area contributed by atoms with Crippen LogP contribution in [0.15, 0.2) is 10.6 Å². The van der Waals surface area contributed by atoms with E-state index in [9.17, 15) is 4.79 Å². The number of hydrogen-bond acceptors (Lipinski definition) is 4. The molecule has 0 radical (unpaired) electrons. The highest BCUT2D eigenvalue weighted by molar-refractivity contribution is 5.91. The molecule has 3 fully saturated rings. The van der Waals surface area contributed by atoms with E-state index in [2.05, 4.69) is 22.3 Å². The number of carbonyl (C=O) groups is 1. The fourth-order valence-corrected chi connectivity index (χ4v) is 3.14. The normalized spacial score (nSPS) is 30.6. The van der Waals surface area contributed by atoms with Gasteiger partial charge in [0, 0.05) is 37.2 Å². The van der Waals surface area contributed by atoms with Gasteiger partial charge in [0.05, 0.1) is 5.69 Å². The fourth-order valence-electron chi connectivity index (χ4n) is 3.14. The van der Waals surface area contributed by atoms with E-state index < -0.39 is 0 Å². The van der Waals surface area contributed by atoms with Gasteiger partial charge in [0.2, 0.25) is 5.76 Å².